The molecule has 0 aliphatic carbocycles. The molecular weight excluding hydrogens is 244 g/mol. The second-order valence-corrected chi connectivity index (χ2v) is 4.12. The van der Waals surface area contributed by atoms with Crippen LogP contribution in [0.2, 0.25) is 0 Å². The van der Waals surface area contributed by atoms with Crippen LogP contribution in [0.5, 0.6) is 11.5 Å². The largest absolute Gasteiger partial charge is 0.493 e. The Hall–Kier alpha value is -2.30. The fourth-order valence-electron chi connectivity index (χ4n) is 1.82. The van der Waals surface area contributed by atoms with Gasteiger partial charge in [0.1, 0.15) is 5.82 Å². The van der Waals surface area contributed by atoms with Crippen molar-refractivity contribution < 1.29 is 14.3 Å². The topological polar surface area (TPSA) is 53.3 Å². The van der Waals surface area contributed by atoms with E-state index in [0.717, 1.165) is 5.82 Å². The van der Waals surface area contributed by atoms with E-state index in [1.54, 1.807) is 38.6 Å². The Balaban J connectivity index is 2.22. The van der Waals surface area contributed by atoms with Crippen molar-refractivity contribution >= 4 is 5.78 Å². The summed E-state index contributed by atoms with van der Waals surface area (Å²) in [5, 5.41) is 0. The summed E-state index contributed by atoms with van der Waals surface area (Å²) >= 11 is 0. The Morgan fingerprint density at radius 1 is 1.26 bits per heavy atom. The van der Waals surface area contributed by atoms with Crippen LogP contribution in [0.4, 0.5) is 0 Å². The molecule has 2 aromatic rings. The number of hydrogen-bond donors (Lipinski definition) is 0. The number of aryl methyl sites for hydroxylation is 1. The van der Waals surface area contributed by atoms with Crippen molar-refractivity contribution in [1.29, 1.82) is 0 Å². The summed E-state index contributed by atoms with van der Waals surface area (Å²) in [5.41, 5.74) is 0.584. The van der Waals surface area contributed by atoms with Crippen molar-refractivity contribution in [2.45, 2.75) is 6.42 Å². The Morgan fingerprint density at radius 3 is 2.58 bits per heavy atom. The van der Waals surface area contributed by atoms with Gasteiger partial charge in [-0.3, -0.25) is 4.79 Å². The zero-order valence-corrected chi connectivity index (χ0v) is 11.2. The first-order chi connectivity index (χ1) is 9.15. The van der Waals surface area contributed by atoms with Crippen LogP contribution < -0.4 is 9.47 Å². The van der Waals surface area contributed by atoms with Gasteiger partial charge in [0.25, 0.3) is 0 Å². The van der Waals surface area contributed by atoms with Crippen LogP contribution in [0, 0.1) is 0 Å². The number of carbonyl (C=O) groups excluding carboxylic acids is 1. The van der Waals surface area contributed by atoms with Crippen LogP contribution in [-0.4, -0.2) is 29.6 Å². The molecule has 100 valence electrons. The summed E-state index contributed by atoms with van der Waals surface area (Å²) in [4.78, 5) is 16.3. The second kappa shape index (κ2) is 5.56. The van der Waals surface area contributed by atoms with Gasteiger partial charge in [0.15, 0.2) is 17.3 Å². The first kappa shape index (κ1) is 13.1. The minimum absolute atomic E-state index is 0.00440. The summed E-state index contributed by atoms with van der Waals surface area (Å²) in [5.74, 6) is 1.89. The molecule has 0 saturated heterocycles. The summed E-state index contributed by atoms with van der Waals surface area (Å²) < 4.78 is 12.2. The Bertz CT molecular complexity index is 590. The Morgan fingerprint density at radius 2 is 2.00 bits per heavy atom. The predicted octanol–water partition coefficient (Wildman–Crippen LogP) is 1.86. The molecule has 0 aliphatic heterocycles. The molecule has 0 spiro atoms. The molecule has 0 unspecified atom stereocenters. The van der Waals surface area contributed by atoms with Crippen molar-refractivity contribution in [2.75, 3.05) is 14.2 Å². The monoisotopic (exact) mass is 260 g/mol. The van der Waals surface area contributed by atoms with Gasteiger partial charge in [0.05, 0.1) is 20.6 Å². The molecule has 5 heteroatoms. The van der Waals surface area contributed by atoms with Crippen LogP contribution >= 0.6 is 0 Å². The molecule has 0 saturated carbocycles. The zero-order chi connectivity index (χ0) is 13.8. The lowest BCUT2D eigenvalue weighted by Crippen LogP contribution is -2.08. The minimum Gasteiger partial charge on any atom is -0.493 e. The van der Waals surface area contributed by atoms with E-state index in [1.807, 2.05) is 17.8 Å². The molecule has 0 bridgehead atoms. The zero-order valence-electron chi connectivity index (χ0n) is 11.2. The normalized spacial score (nSPS) is 10.3. The lowest BCUT2D eigenvalue weighted by Gasteiger charge is -2.09. The molecule has 0 fully saturated rings. The predicted molar refractivity (Wildman–Crippen MR) is 70.8 cm³/mol. The molecule has 0 aliphatic rings. The average molecular weight is 260 g/mol. The third kappa shape index (κ3) is 2.76. The van der Waals surface area contributed by atoms with E-state index in [0.29, 0.717) is 17.1 Å². The molecule has 0 radical (unpaired) electrons. The smallest absolute Gasteiger partial charge is 0.170 e. The lowest BCUT2D eigenvalue weighted by molar-refractivity contribution is 0.0989. The van der Waals surface area contributed by atoms with Crippen LogP contribution in [0.25, 0.3) is 0 Å². The first-order valence-corrected chi connectivity index (χ1v) is 5.87. The Labute approximate surface area is 111 Å². The highest BCUT2D eigenvalue weighted by atomic mass is 16.5. The van der Waals surface area contributed by atoms with Gasteiger partial charge in [0, 0.05) is 25.0 Å². The molecule has 19 heavy (non-hydrogen) atoms. The molecule has 2 rings (SSSR count). The number of carbonyl (C=O) groups is 1. The van der Waals surface area contributed by atoms with Gasteiger partial charge in [-0.25, -0.2) is 4.98 Å². The maximum Gasteiger partial charge on any atom is 0.170 e. The standard InChI is InChI=1S/C14H16N2O3/c1-16-7-6-15-14(16)9-11(17)10-4-5-12(18-2)13(8-10)19-3/h4-8H,9H2,1-3H3. The van der Waals surface area contributed by atoms with Gasteiger partial charge >= 0.3 is 0 Å². The minimum atomic E-state index is -0.00440. The van der Waals surface area contributed by atoms with E-state index < -0.39 is 0 Å². The van der Waals surface area contributed by atoms with E-state index in [2.05, 4.69) is 4.98 Å². The van der Waals surface area contributed by atoms with Gasteiger partial charge in [-0.05, 0) is 18.2 Å². The highest BCUT2D eigenvalue weighted by molar-refractivity contribution is 5.97. The fourth-order valence-corrected chi connectivity index (χ4v) is 1.82. The van der Waals surface area contributed by atoms with Crippen LogP contribution in [0.1, 0.15) is 16.2 Å². The third-order valence-corrected chi connectivity index (χ3v) is 2.95. The number of rotatable bonds is 5. The third-order valence-electron chi connectivity index (χ3n) is 2.95. The highest BCUT2D eigenvalue weighted by Crippen LogP contribution is 2.27. The van der Waals surface area contributed by atoms with Gasteiger partial charge in [0.2, 0.25) is 0 Å². The number of ketones is 1. The van der Waals surface area contributed by atoms with E-state index in [1.165, 1.54) is 0 Å². The van der Waals surface area contributed by atoms with Crippen molar-refractivity contribution in [2.24, 2.45) is 7.05 Å². The molecule has 0 amide bonds. The van der Waals surface area contributed by atoms with Crippen molar-refractivity contribution in [1.82, 2.24) is 9.55 Å². The van der Waals surface area contributed by atoms with Gasteiger partial charge in [-0.15, -0.1) is 0 Å². The van der Waals surface area contributed by atoms with E-state index in [9.17, 15) is 4.79 Å². The molecule has 1 aromatic carbocycles. The summed E-state index contributed by atoms with van der Waals surface area (Å²) in [6, 6.07) is 5.14. The van der Waals surface area contributed by atoms with Gasteiger partial charge in [-0.2, -0.15) is 0 Å². The summed E-state index contributed by atoms with van der Waals surface area (Å²) in [7, 11) is 4.97. The molecule has 0 atom stereocenters. The number of imidazole rings is 1. The first-order valence-electron chi connectivity index (χ1n) is 5.87. The van der Waals surface area contributed by atoms with Gasteiger partial charge in [-0.1, -0.05) is 0 Å². The summed E-state index contributed by atoms with van der Waals surface area (Å²) in [6.45, 7) is 0. The van der Waals surface area contributed by atoms with E-state index in [4.69, 9.17) is 9.47 Å². The second-order valence-electron chi connectivity index (χ2n) is 4.12. The quantitative estimate of drug-likeness (QED) is 0.770. The maximum atomic E-state index is 12.2. The van der Waals surface area contributed by atoms with Crippen molar-refractivity contribution in [3.63, 3.8) is 0 Å². The van der Waals surface area contributed by atoms with E-state index >= 15 is 0 Å². The van der Waals surface area contributed by atoms with E-state index in [-0.39, 0.29) is 12.2 Å². The number of aromatic nitrogens is 2. The molecule has 0 N–H and O–H groups in total. The number of benzene rings is 1. The highest BCUT2D eigenvalue weighted by Gasteiger charge is 2.13. The maximum absolute atomic E-state index is 12.2. The molecule has 1 heterocycles. The lowest BCUT2D eigenvalue weighted by atomic mass is 10.1. The van der Waals surface area contributed by atoms with Crippen LogP contribution in [-0.2, 0) is 13.5 Å². The number of ether oxygens (including phenoxy) is 2. The number of Topliss-reactive ketones (excluding diaryl/α,β-unsaturated/α-hetero) is 1. The van der Waals surface area contributed by atoms with Crippen LogP contribution in [0.15, 0.2) is 30.6 Å². The van der Waals surface area contributed by atoms with Gasteiger partial charge < -0.3 is 14.0 Å². The molecular formula is C14H16N2O3. The SMILES string of the molecule is COc1ccc(C(=O)Cc2nccn2C)cc1OC. The van der Waals surface area contributed by atoms with Crippen molar-refractivity contribution in [3.05, 3.63) is 42.0 Å². The Kier molecular flexibility index (Phi) is 3.85. The fraction of sp³-hybridized carbons (Fsp3) is 0.286. The van der Waals surface area contributed by atoms with Crippen molar-refractivity contribution in [3.8, 4) is 11.5 Å². The summed E-state index contributed by atoms with van der Waals surface area (Å²) in [6.07, 6.45) is 3.76. The average Bonchev–Trinajstić information content (AvgIpc) is 2.83. The molecule has 1 aromatic heterocycles. The number of nitrogens with zero attached hydrogens (tertiary/aromatic N) is 2. The number of methoxy groups -OCH3 is 2. The van der Waals surface area contributed by atoms with Crippen LogP contribution in [0.3, 0.4) is 0 Å². The molecule has 5 nitrogen and oxygen atoms in total. The number of hydrogen-bond acceptors (Lipinski definition) is 4.